The van der Waals surface area contributed by atoms with E-state index in [1.54, 1.807) is 60.7 Å². The lowest BCUT2D eigenvalue weighted by Gasteiger charge is -2.25. The third-order valence-electron chi connectivity index (χ3n) is 6.52. The SMILES string of the molecule is CC(C)CN(CC(C)C)S(=O)(=O)c1ccc2nc(NC(=O)c3cccc(N4C(=O)c5ccccc5C4=O)c3)sc2c1. The second kappa shape index (κ2) is 11.2. The highest BCUT2D eigenvalue weighted by molar-refractivity contribution is 7.89. The van der Waals surface area contributed by atoms with Crippen molar-refractivity contribution in [1.82, 2.24) is 9.29 Å². The number of thiazole rings is 1. The molecule has 3 amide bonds. The van der Waals surface area contributed by atoms with Crippen LogP contribution in [0.25, 0.3) is 10.2 Å². The average molecular weight is 591 g/mol. The molecular formula is C30H30N4O5S2. The summed E-state index contributed by atoms with van der Waals surface area (Å²) in [5.74, 6) is -1.02. The van der Waals surface area contributed by atoms with Gasteiger partial charge in [-0.15, -0.1) is 0 Å². The molecule has 3 aromatic carbocycles. The number of carbonyl (C=O) groups is 3. The molecule has 212 valence electrons. The van der Waals surface area contributed by atoms with Crippen LogP contribution in [0.4, 0.5) is 10.8 Å². The van der Waals surface area contributed by atoms with Crippen LogP contribution in [0, 0.1) is 11.8 Å². The molecule has 9 nitrogen and oxygen atoms in total. The Bertz CT molecular complexity index is 1730. The molecule has 1 N–H and O–H groups in total. The van der Waals surface area contributed by atoms with Crippen molar-refractivity contribution in [2.24, 2.45) is 11.8 Å². The molecule has 1 aliphatic heterocycles. The molecule has 1 aliphatic rings. The van der Waals surface area contributed by atoms with Gasteiger partial charge in [0.2, 0.25) is 10.0 Å². The highest BCUT2D eigenvalue weighted by Crippen LogP contribution is 2.31. The highest BCUT2D eigenvalue weighted by Gasteiger charge is 2.36. The van der Waals surface area contributed by atoms with E-state index in [-0.39, 0.29) is 28.0 Å². The van der Waals surface area contributed by atoms with E-state index in [4.69, 9.17) is 0 Å². The number of carbonyl (C=O) groups excluding carboxylic acids is 3. The zero-order valence-corrected chi connectivity index (χ0v) is 24.8. The molecule has 0 fully saturated rings. The molecular weight excluding hydrogens is 560 g/mol. The van der Waals surface area contributed by atoms with Gasteiger partial charge >= 0.3 is 0 Å². The third-order valence-corrected chi connectivity index (χ3v) is 9.28. The lowest BCUT2D eigenvalue weighted by atomic mass is 10.1. The molecule has 11 heteroatoms. The van der Waals surface area contributed by atoms with Crippen LogP contribution in [0.1, 0.15) is 58.8 Å². The average Bonchev–Trinajstić information content (AvgIpc) is 3.44. The summed E-state index contributed by atoms with van der Waals surface area (Å²) in [5.41, 5.74) is 1.72. The lowest BCUT2D eigenvalue weighted by molar-refractivity contribution is 0.0924. The topological polar surface area (TPSA) is 117 Å². The van der Waals surface area contributed by atoms with Gasteiger partial charge < -0.3 is 0 Å². The summed E-state index contributed by atoms with van der Waals surface area (Å²) in [5, 5.41) is 3.06. The van der Waals surface area contributed by atoms with Gasteiger partial charge in [0.05, 0.1) is 31.9 Å². The minimum absolute atomic E-state index is 0.174. The first-order valence-corrected chi connectivity index (χ1v) is 15.5. The summed E-state index contributed by atoms with van der Waals surface area (Å²) in [6, 6.07) is 17.6. The van der Waals surface area contributed by atoms with Crippen molar-refractivity contribution >= 4 is 60.1 Å². The maximum Gasteiger partial charge on any atom is 0.266 e. The number of fused-ring (bicyclic) bond motifs is 2. The molecule has 1 aromatic heterocycles. The number of benzene rings is 3. The second-order valence-electron chi connectivity index (χ2n) is 10.8. The van der Waals surface area contributed by atoms with Gasteiger partial charge in [0.25, 0.3) is 17.7 Å². The van der Waals surface area contributed by atoms with Crippen LogP contribution in [-0.4, -0.2) is 48.5 Å². The van der Waals surface area contributed by atoms with E-state index < -0.39 is 27.7 Å². The van der Waals surface area contributed by atoms with E-state index in [0.29, 0.717) is 39.6 Å². The van der Waals surface area contributed by atoms with Crippen molar-refractivity contribution in [3.8, 4) is 0 Å². The van der Waals surface area contributed by atoms with Gasteiger partial charge in [0, 0.05) is 18.7 Å². The number of imide groups is 1. The molecule has 0 saturated heterocycles. The molecule has 4 aromatic rings. The number of sulfonamides is 1. The Morgan fingerprint density at radius 2 is 1.54 bits per heavy atom. The summed E-state index contributed by atoms with van der Waals surface area (Å²) in [6.07, 6.45) is 0. The van der Waals surface area contributed by atoms with E-state index in [1.807, 2.05) is 27.7 Å². The molecule has 41 heavy (non-hydrogen) atoms. The number of hydrogen-bond acceptors (Lipinski definition) is 7. The van der Waals surface area contributed by atoms with Gasteiger partial charge in [-0.05, 0) is 60.4 Å². The standard InChI is InChI=1S/C30H30N4O5S2/c1-18(2)16-33(17-19(3)4)41(38,39)22-12-13-25-26(15-22)40-30(31-25)32-27(35)20-8-7-9-21(14-20)34-28(36)23-10-5-6-11-24(23)29(34)37/h5-15,18-19H,16-17H2,1-4H3,(H,31,32,35). The Morgan fingerprint density at radius 1 is 0.902 bits per heavy atom. The van der Waals surface area contributed by atoms with Crippen molar-refractivity contribution in [3.05, 3.63) is 83.4 Å². The maximum absolute atomic E-state index is 13.5. The van der Waals surface area contributed by atoms with Crippen LogP contribution in [0.3, 0.4) is 0 Å². The Balaban J connectivity index is 1.37. The first kappa shape index (κ1) is 28.6. The summed E-state index contributed by atoms with van der Waals surface area (Å²) < 4.78 is 29.1. The maximum atomic E-state index is 13.5. The molecule has 0 aliphatic carbocycles. The van der Waals surface area contributed by atoms with Crippen molar-refractivity contribution in [1.29, 1.82) is 0 Å². The third kappa shape index (κ3) is 5.65. The summed E-state index contributed by atoms with van der Waals surface area (Å²) in [4.78, 5) is 44.6. The van der Waals surface area contributed by atoms with Crippen LogP contribution in [0.5, 0.6) is 0 Å². The molecule has 0 spiro atoms. The first-order valence-electron chi connectivity index (χ1n) is 13.3. The minimum atomic E-state index is -3.72. The molecule has 0 bridgehead atoms. The number of anilines is 2. The minimum Gasteiger partial charge on any atom is -0.298 e. The van der Waals surface area contributed by atoms with Gasteiger partial charge in [0.1, 0.15) is 0 Å². The van der Waals surface area contributed by atoms with E-state index >= 15 is 0 Å². The summed E-state index contributed by atoms with van der Waals surface area (Å²) in [7, 11) is -3.72. The van der Waals surface area contributed by atoms with Gasteiger partial charge in [0.15, 0.2) is 5.13 Å². The van der Waals surface area contributed by atoms with E-state index in [9.17, 15) is 22.8 Å². The van der Waals surface area contributed by atoms with Gasteiger partial charge in [-0.25, -0.2) is 18.3 Å². The van der Waals surface area contributed by atoms with E-state index in [1.165, 1.54) is 21.7 Å². The van der Waals surface area contributed by atoms with Crippen LogP contribution in [0.15, 0.2) is 71.6 Å². The first-order chi connectivity index (χ1) is 19.5. The molecule has 0 saturated carbocycles. The number of aromatic nitrogens is 1. The number of hydrogen-bond donors (Lipinski definition) is 1. The predicted octanol–water partition coefficient (Wildman–Crippen LogP) is 5.65. The van der Waals surface area contributed by atoms with Crippen molar-refractivity contribution in [2.75, 3.05) is 23.3 Å². The van der Waals surface area contributed by atoms with Crippen LogP contribution >= 0.6 is 11.3 Å². The predicted molar refractivity (Wildman–Crippen MR) is 160 cm³/mol. The summed E-state index contributed by atoms with van der Waals surface area (Å²) >= 11 is 1.17. The number of amides is 3. The quantitative estimate of drug-likeness (QED) is 0.252. The fourth-order valence-electron chi connectivity index (χ4n) is 4.73. The largest absolute Gasteiger partial charge is 0.298 e. The van der Waals surface area contributed by atoms with Gasteiger partial charge in [-0.3, -0.25) is 19.7 Å². The van der Waals surface area contributed by atoms with E-state index in [2.05, 4.69) is 10.3 Å². The Labute approximate surface area is 242 Å². The molecule has 5 rings (SSSR count). The van der Waals surface area contributed by atoms with Gasteiger partial charge in [-0.2, -0.15) is 4.31 Å². The second-order valence-corrected chi connectivity index (χ2v) is 13.7. The highest BCUT2D eigenvalue weighted by atomic mass is 32.2. The number of rotatable bonds is 9. The Kier molecular flexibility index (Phi) is 7.78. The molecule has 0 unspecified atom stereocenters. The summed E-state index contributed by atoms with van der Waals surface area (Å²) in [6.45, 7) is 8.78. The van der Waals surface area contributed by atoms with Crippen LogP contribution in [0.2, 0.25) is 0 Å². The number of nitrogens with zero attached hydrogens (tertiary/aromatic N) is 3. The smallest absolute Gasteiger partial charge is 0.266 e. The Morgan fingerprint density at radius 3 is 2.15 bits per heavy atom. The van der Waals surface area contributed by atoms with Crippen LogP contribution < -0.4 is 10.2 Å². The fourth-order valence-corrected chi connectivity index (χ4v) is 7.50. The van der Waals surface area contributed by atoms with Crippen LogP contribution in [-0.2, 0) is 10.0 Å². The molecule has 0 atom stereocenters. The van der Waals surface area contributed by atoms with Crippen molar-refractivity contribution < 1.29 is 22.8 Å². The number of nitrogens with one attached hydrogen (secondary N) is 1. The van der Waals surface area contributed by atoms with Crippen molar-refractivity contribution in [3.63, 3.8) is 0 Å². The van der Waals surface area contributed by atoms with Crippen molar-refractivity contribution in [2.45, 2.75) is 32.6 Å². The van der Waals surface area contributed by atoms with E-state index in [0.717, 1.165) is 4.90 Å². The molecule has 0 radical (unpaired) electrons. The normalized spacial score (nSPS) is 13.6. The monoisotopic (exact) mass is 590 g/mol. The lowest BCUT2D eigenvalue weighted by Crippen LogP contribution is -2.37. The zero-order valence-electron chi connectivity index (χ0n) is 23.1. The Hall–Kier alpha value is -3.93. The zero-order chi connectivity index (χ0) is 29.5. The molecule has 2 heterocycles. The fraction of sp³-hybridized carbons (Fsp3) is 0.267. The van der Waals surface area contributed by atoms with Gasteiger partial charge in [-0.1, -0.05) is 57.2 Å².